The summed E-state index contributed by atoms with van der Waals surface area (Å²) < 4.78 is 27.8. The Morgan fingerprint density at radius 1 is 0.938 bits per heavy atom. The van der Waals surface area contributed by atoms with Crippen LogP contribution in [0.5, 0.6) is 0 Å². The standard InChI is InChI=1S/C26H24F2N2O2/c1-26(2,3)18-8-4-17(5-9-18)25(32)30-15-23(31)29-22-13-12-20(28)14-21(22)24(30)16-6-10-19(27)11-7-16/h4-14,24H,15H2,1-3H3,(H,29,31)/t24-/m0/s1. The minimum absolute atomic E-state index is 0.0722. The molecule has 0 radical (unpaired) electrons. The number of nitrogens with one attached hydrogen (secondary N) is 1. The molecule has 4 nitrogen and oxygen atoms in total. The largest absolute Gasteiger partial charge is 0.324 e. The van der Waals surface area contributed by atoms with Crippen LogP contribution < -0.4 is 5.32 Å². The van der Waals surface area contributed by atoms with Crippen molar-refractivity contribution in [3.63, 3.8) is 0 Å². The van der Waals surface area contributed by atoms with Crippen molar-refractivity contribution in [1.82, 2.24) is 4.90 Å². The van der Waals surface area contributed by atoms with Crippen LogP contribution in [0.4, 0.5) is 14.5 Å². The van der Waals surface area contributed by atoms with Gasteiger partial charge >= 0.3 is 0 Å². The molecule has 0 aliphatic carbocycles. The van der Waals surface area contributed by atoms with Crippen LogP contribution in [-0.4, -0.2) is 23.3 Å². The van der Waals surface area contributed by atoms with Gasteiger partial charge in [-0.2, -0.15) is 0 Å². The number of hydrogen-bond donors (Lipinski definition) is 1. The normalized spacial score (nSPS) is 16.2. The zero-order valence-corrected chi connectivity index (χ0v) is 18.2. The topological polar surface area (TPSA) is 49.4 Å². The van der Waals surface area contributed by atoms with E-state index in [4.69, 9.17) is 0 Å². The molecule has 0 fully saturated rings. The van der Waals surface area contributed by atoms with Crippen molar-refractivity contribution < 1.29 is 18.4 Å². The fourth-order valence-corrected chi connectivity index (χ4v) is 3.95. The summed E-state index contributed by atoms with van der Waals surface area (Å²) in [6, 6.07) is 16.2. The lowest BCUT2D eigenvalue weighted by Gasteiger charge is -2.31. The summed E-state index contributed by atoms with van der Waals surface area (Å²) in [4.78, 5) is 27.6. The second-order valence-corrected chi connectivity index (χ2v) is 8.99. The number of fused-ring (bicyclic) bond motifs is 1. The second kappa shape index (κ2) is 8.19. The third-order valence-corrected chi connectivity index (χ3v) is 5.65. The van der Waals surface area contributed by atoms with Crippen LogP contribution in [0.1, 0.15) is 53.9 Å². The van der Waals surface area contributed by atoms with E-state index in [1.54, 1.807) is 24.3 Å². The zero-order chi connectivity index (χ0) is 23.0. The smallest absolute Gasteiger partial charge is 0.255 e. The first kappa shape index (κ1) is 21.7. The first-order chi connectivity index (χ1) is 15.1. The number of carbonyl (C=O) groups excluding carboxylic acids is 2. The van der Waals surface area contributed by atoms with Crippen LogP contribution in [0.3, 0.4) is 0 Å². The maximum atomic E-state index is 14.2. The van der Waals surface area contributed by atoms with E-state index in [-0.39, 0.29) is 23.8 Å². The van der Waals surface area contributed by atoms with Gasteiger partial charge in [0, 0.05) is 16.8 Å². The van der Waals surface area contributed by atoms with Gasteiger partial charge in [-0.15, -0.1) is 0 Å². The van der Waals surface area contributed by atoms with Gasteiger partial charge in [-0.3, -0.25) is 9.59 Å². The number of hydrogen-bond acceptors (Lipinski definition) is 2. The van der Waals surface area contributed by atoms with Gasteiger partial charge in [-0.25, -0.2) is 8.78 Å². The molecule has 4 rings (SSSR count). The Bertz CT molecular complexity index is 1170. The Kier molecular flexibility index (Phi) is 5.55. The maximum absolute atomic E-state index is 14.2. The molecule has 0 spiro atoms. The highest BCUT2D eigenvalue weighted by Crippen LogP contribution is 2.37. The number of nitrogens with zero attached hydrogens (tertiary/aromatic N) is 1. The van der Waals surface area contributed by atoms with Gasteiger partial charge in [0.1, 0.15) is 18.2 Å². The summed E-state index contributed by atoms with van der Waals surface area (Å²) in [5.74, 6) is -1.67. The Balaban J connectivity index is 1.83. The van der Waals surface area contributed by atoms with E-state index in [9.17, 15) is 18.4 Å². The van der Waals surface area contributed by atoms with Crippen molar-refractivity contribution in [1.29, 1.82) is 0 Å². The van der Waals surface area contributed by atoms with Crippen molar-refractivity contribution in [2.24, 2.45) is 0 Å². The molecule has 0 unspecified atom stereocenters. The molecular weight excluding hydrogens is 410 g/mol. The SMILES string of the molecule is CC(C)(C)c1ccc(C(=O)N2CC(=O)Nc3ccc(F)cc3[C@@H]2c2ccc(F)cc2)cc1. The molecule has 2 amide bonds. The zero-order valence-electron chi connectivity index (χ0n) is 18.2. The first-order valence-electron chi connectivity index (χ1n) is 10.4. The van der Waals surface area contributed by atoms with Crippen LogP contribution >= 0.6 is 0 Å². The molecule has 6 heteroatoms. The summed E-state index contributed by atoms with van der Waals surface area (Å²) in [6.07, 6.45) is 0. The van der Waals surface area contributed by atoms with E-state index in [1.165, 1.54) is 35.2 Å². The average Bonchev–Trinajstić information content (AvgIpc) is 2.89. The Morgan fingerprint density at radius 3 is 2.19 bits per heavy atom. The van der Waals surface area contributed by atoms with Crippen molar-refractivity contribution in [2.75, 3.05) is 11.9 Å². The molecule has 1 aliphatic rings. The third kappa shape index (κ3) is 4.26. The number of rotatable bonds is 2. The Morgan fingerprint density at radius 2 is 1.56 bits per heavy atom. The second-order valence-electron chi connectivity index (χ2n) is 8.99. The summed E-state index contributed by atoms with van der Waals surface area (Å²) in [5, 5.41) is 2.75. The Hall–Kier alpha value is -3.54. The van der Waals surface area contributed by atoms with E-state index in [0.717, 1.165) is 5.56 Å². The molecule has 1 aliphatic heterocycles. The molecule has 1 N–H and O–H groups in total. The molecule has 0 aromatic heterocycles. The lowest BCUT2D eigenvalue weighted by Crippen LogP contribution is -2.39. The van der Waals surface area contributed by atoms with Crippen LogP contribution in [0.15, 0.2) is 66.7 Å². The van der Waals surface area contributed by atoms with Crippen LogP contribution in [0, 0.1) is 11.6 Å². The summed E-state index contributed by atoms with van der Waals surface area (Å²) in [5.41, 5.74) is 2.85. The van der Waals surface area contributed by atoms with Gasteiger partial charge in [-0.05, 0) is 59.0 Å². The fraction of sp³-hybridized carbons (Fsp3) is 0.231. The van der Waals surface area contributed by atoms with Gasteiger partial charge in [0.25, 0.3) is 5.91 Å². The van der Waals surface area contributed by atoms with Crippen LogP contribution in [0.25, 0.3) is 0 Å². The lowest BCUT2D eigenvalue weighted by molar-refractivity contribution is -0.117. The molecular formula is C26H24F2N2O2. The van der Waals surface area contributed by atoms with Crippen molar-refractivity contribution in [3.05, 3.63) is 101 Å². The molecule has 32 heavy (non-hydrogen) atoms. The van der Waals surface area contributed by atoms with Crippen LogP contribution in [0.2, 0.25) is 0 Å². The summed E-state index contributed by atoms with van der Waals surface area (Å²) in [6.45, 7) is 6.02. The molecule has 0 bridgehead atoms. The van der Waals surface area contributed by atoms with E-state index in [0.29, 0.717) is 22.4 Å². The highest BCUT2D eigenvalue weighted by Gasteiger charge is 2.34. The minimum atomic E-state index is -0.768. The predicted molar refractivity (Wildman–Crippen MR) is 119 cm³/mol. The van der Waals surface area contributed by atoms with Gasteiger partial charge in [0.2, 0.25) is 5.91 Å². The van der Waals surface area contributed by atoms with Crippen molar-refractivity contribution in [3.8, 4) is 0 Å². The van der Waals surface area contributed by atoms with Crippen LogP contribution in [-0.2, 0) is 10.2 Å². The van der Waals surface area contributed by atoms with Gasteiger partial charge in [-0.1, -0.05) is 45.0 Å². The number of halogens is 2. The van der Waals surface area contributed by atoms with E-state index < -0.39 is 17.7 Å². The van der Waals surface area contributed by atoms with Crippen molar-refractivity contribution >= 4 is 17.5 Å². The minimum Gasteiger partial charge on any atom is -0.324 e. The molecule has 0 saturated heterocycles. The highest BCUT2D eigenvalue weighted by atomic mass is 19.1. The summed E-state index contributed by atoms with van der Waals surface area (Å²) in [7, 11) is 0. The quantitative estimate of drug-likeness (QED) is 0.583. The molecule has 1 heterocycles. The van der Waals surface area contributed by atoms with Gasteiger partial charge < -0.3 is 10.2 Å². The first-order valence-corrected chi connectivity index (χ1v) is 10.4. The molecule has 3 aromatic rings. The van der Waals surface area contributed by atoms with Crippen molar-refractivity contribution in [2.45, 2.75) is 32.2 Å². The average molecular weight is 434 g/mol. The van der Waals surface area contributed by atoms with Gasteiger partial charge in [0.05, 0.1) is 6.04 Å². The number of carbonyl (C=O) groups is 2. The van der Waals surface area contributed by atoms with E-state index >= 15 is 0 Å². The Labute approximate surface area is 185 Å². The maximum Gasteiger partial charge on any atom is 0.255 e. The number of anilines is 1. The third-order valence-electron chi connectivity index (χ3n) is 5.65. The predicted octanol–water partition coefficient (Wildman–Crippen LogP) is 5.45. The fourth-order valence-electron chi connectivity index (χ4n) is 3.95. The van der Waals surface area contributed by atoms with Gasteiger partial charge in [0.15, 0.2) is 0 Å². The van der Waals surface area contributed by atoms with E-state index in [2.05, 4.69) is 26.1 Å². The molecule has 1 atom stereocenters. The lowest BCUT2D eigenvalue weighted by atomic mass is 9.86. The number of amides is 2. The highest BCUT2D eigenvalue weighted by molar-refractivity contribution is 6.01. The molecule has 3 aromatic carbocycles. The molecule has 0 saturated carbocycles. The monoisotopic (exact) mass is 434 g/mol. The molecule has 164 valence electrons. The summed E-state index contributed by atoms with van der Waals surface area (Å²) >= 11 is 0. The number of benzene rings is 3. The van der Waals surface area contributed by atoms with E-state index in [1.807, 2.05) is 12.1 Å².